The van der Waals surface area contributed by atoms with Gasteiger partial charge in [-0.2, -0.15) is 0 Å². The summed E-state index contributed by atoms with van der Waals surface area (Å²) < 4.78 is 23.0. The lowest BCUT2D eigenvalue weighted by Crippen LogP contribution is -2.05. The van der Waals surface area contributed by atoms with Crippen molar-refractivity contribution in [2.45, 2.75) is 0 Å². The van der Waals surface area contributed by atoms with Crippen molar-refractivity contribution in [3.63, 3.8) is 0 Å². The van der Waals surface area contributed by atoms with Crippen molar-refractivity contribution in [2.75, 3.05) is 0 Å². The van der Waals surface area contributed by atoms with Gasteiger partial charge in [-0.3, -0.25) is 4.57 Å². The second-order valence-electron chi connectivity index (χ2n) is 15.8. The molecule has 6 heterocycles. The molecule has 0 aliphatic heterocycles. The van der Waals surface area contributed by atoms with Gasteiger partial charge in [-0.1, -0.05) is 84.9 Å². The van der Waals surface area contributed by atoms with Gasteiger partial charge < -0.3 is 17.8 Å². The molecule has 0 amide bonds. The van der Waals surface area contributed by atoms with E-state index in [1.165, 1.54) is 5.39 Å². The molecular weight excluding hydrogens is 753 g/mol. The van der Waals surface area contributed by atoms with Gasteiger partial charge in [-0.25, -0.2) is 9.97 Å². The first-order chi connectivity index (χ1) is 30.2. The molecule has 0 atom stereocenters. The van der Waals surface area contributed by atoms with Crippen LogP contribution < -0.4 is 0 Å². The molecule has 14 rings (SSSR count). The van der Waals surface area contributed by atoms with Gasteiger partial charge >= 0.3 is 0 Å². The molecule has 0 aliphatic carbocycles. The fraction of sp³-hybridized carbons (Fsp3) is 0. The van der Waals surface area contributed by atoms with Crippen LogP contribution >= 0.6 is 0 Å². The summed E-state index contributed by atoms with van der Waals surface area (Å²) in [6.45, 7) is 0. The highest BCUT2D eigenvalue weighted by Crippen LogP contribution is 2.43. The van der Waals surface area contributed by atoms with Gasteiger partial charge in [0.1, 0.15) is 27.9 Å². The number of benzene rings is 8. The van der Waals surface area contributed by atoms with E-state index in [2.05, 4.69) is 155 Å². The average Bonchev–Trinajstić information content (AvgIpc) is 4.14. The van der Waals surface area contributed by atoms with Crippen molar-refractivity contribution in [3.8, 4) is 34.2 Å². The van der Waals surface area contributed by atoms with Crippen LogP contribution in [0, 0.1) is 0 Å². The summed E-state index contributed by atoms with van der Waals surface area (Å²) >= 11 is 0. The van der Waals surface area contributed by atoms with E-state index in [9.17, 15) is 0 Å². The van der Waals surface area contributed by atoms with E-state index in [0.29, 0.717) is 5.95 Å². The molecule has 8 aromatic carbocycles. The third kappa shape index (κ3) is 4.62. The average molecular weight is 783 g/mol. The van der Waals surface area contributed by atoms with Gasteiger partial charge in [-0.05, 0) is 91.0 Å². The van der Waals surface area contributed by atoms with Crippen LogP contribution in [0.2, 0.25) is 0 Å². The van der Waals surface area contributed by atoms with E-state index in [1.807, 2.05) is 30.3 Å². The predicted molar refractivity (Wildman–Crippen MR) is 246 cm³/mol. The number of fused-ring (bicyclic) bond motifs is 14. The maximum absolute atomic E-state index is 6.26. The summed E-state index contributed by atoms with van der Waals surface area (Å²) in [4.78, 5) is 11.0. The number of nitrogens with zero attached hydrogens (tertiary/aromatic N) is 4. The second-order valence-corrected chi connectivity index (χ2v) is 15.8. The smallest absolute Gasteiger partial charge is 0.235 e. The van der Waals surface area contributed by atoms with E-state index in [4.69, 9.17) is 23.2 Å². The minimum Gasteiger partial charge on any atom is -0.464 e. The lowest BCUT2D eigenvalue weighted by molar-refractivity contribution is 0.616. The van der Waals surface area contributed by atoms with Crippen molar-refractivity contribution in [2.24, 2.45) is 0 Å². The summed E-state index contributed by atoms with van der Waals surface area (Å²) in [5.41, 5.74) is 13.0. The zero-order valence-corrected chi connectivity index (χ0v) is 32.3. The number of furan rings is 3. The van der Waals surface area contributed by atoms with Crippen LogP contribution in [0.4, 0.5) is 0 Å². The molecule has 0 radical (unpaired) electrons. The number of hydrogen-bond acceptors (Lipinski definition) is 5. The first-order valence-electron chi connectivity index (χ1n) is 20.4. The summed E-state index contributed by atoms with van der Waals surface area (Å²) in [6, 6.07) is 61.3. The summed E-state index contributed by atoms with van der Waals surface area (Å²) in [7, 11) is 0. The van der Waals surface area contributed by atoms with Gasteiger partial charge in [0.2, 0.25) is 5.95 Å². The van der Waals surface area contributed by atoms with Gasteiger partial charge in [0, 0.05) is 65.3 Å². The monoisotopic (exact) mass is 782 g/mol. The molecule has 0 unspecified atom stereocenters. The Hall–Kier alpha value is -8.42. The Bertz CT molecular complexity index is 4010. The Balaban J connectivity index is 1.11. The molecule has 0 aliphatic rings. The van der Waals surface area contributed by atoms with Crippen LogP contribution in [0.1, 0.15) is 0 Å². The lowest BCUT2D eigenvalue weighted by Gasteiger charge is -2.14. The Morgan fingerprint density at radius 3 is 1.49 bits per heavy atom. The summed E-state index contributed by atoms with van der Waals surface area (Å²) in [6.07, 6.45) is 1.75. The van der Waals surface area contributed by atoms with Crippen LogP contribution in [-0.2, 0) is 0 Å². The maximum Gasteiger partial charge on any atom is 0.235 e. The molecule has 0 saturated carbocycles. The van der Waals surface area contributed by atoms with Gasteiger partial charge in [0.25, 0.3) is 0 Å². The minimum absolute atomic E-state index is 0.572. The van der Waals surface area contributed by atoms with Crippen LogP contribution in [0.25, 0.3) is 133 Å². The van der Waals surface area contributed by atoms with Crippen LogP contribution in [0.5, 0.6) is 0 Å². The molecule has 7 heteroatoms. The molecule has 7 nitrogen and oxygen atoms in total. The van der Waals surface area contributed by atoms with E-state index >= 15 is 0 Å². The summed E-state index contributed by atoms with van der Waals surface area (Å²) in [5.74, 6) is 0.572. The van der Waals surface area contributed by atoms with Crippen LogP contribution in [-0.4, -0.2) is 19.1 Å². The zero-order chi connectivity index (χ0) is 39.8. The van der Waals surface area contributed by atoms with Crippen molar-refractivity contribution in [3.05, 3.63) is 182 Å². The molecule has 0 bridgehead atoms. The molecule has 61 heavy (non-hydrogen) atoms. The number of para-hydroxylation sites is 4. The largest absolute Gasteiger partial charge is 0.464 e. The number of hydrogen-bond donors (Lipinski definition) is 0. The molecule has 284 valence electrons. The molecule has 0 N–H and O–H groups in total. The van der Waals surface area contributed by atoms with Gasteiger partial charge in [0.05, 0.1) is 39.7 Å². The van der Waals surface area contributed by atoms with Gasteiger partial charge in [-0.15, -0.1) is 0 Å². The number of aromatic nitrogens is 4. The first-order valence-corrected chi connectivity index (χ1v) is 20.4. The van der Waals surface area contributed by atoms with Crippen molar-refractivity contribution < 1.29 is 13.3 Å². The minimum atomic E-state index is 0.572. The Kier molecular flexibility index (Phi) is 6.43. The lowest BCUT2D eigenvalue weighted by atomic mass is 10.0. The Morgan fingerprint density at radius 1 is 0.361 bits per heavy atom. The zero-order valence-electron chi connectivity index (χ0n) is 32.3. The topological polar surface area (TPSA) is 75.1 Å². The van der Waals surface area contributed by atoms with Crippen molar-refractivity contribution >= 4 is 98.5 Å². The molecule has 0 fully saturated rings. The van der Waals surface area contributed by atoms with Gasteiger partial charge in [0.15, 0.2) is 0 Å². The third-order valence-corrected chi connectivity index (χ3v) is 12.4. The molecule has 0 saturated heterocycles. The quantitative estimate of drug-likeness (QED) is 0.178. The highest BCUT2D eigenvalue weighted by atomic mass is 16.3. The van der Waals surface area contributed by atoms with Crippen molar-refractivity contribution in [1.29, 1.82) is 0 Å². The summed E-state index contributed by atoms with van der Waals surface area (Å²) in [5, 5.41) is 9.80. The Labute approximate surface area is 345 Å². The fourth-order valence-electron chi connectivity index (χ4n) is 9.67. The predicted octanol–water partition coefficient (Wildman–Crippen LogP) is 14.5. The van der Waals surface area contributed by atoms with E-state index in [1.54, 1.807) is 6.26 Å². The SMILES string of the molecule is c1ccc2c(c1)oc1ccc(-c3cc(-c4ccc5oc6ccccc6c5c4)nc(-n4c5ccccc5c5ccc6c7ccccc7n(-c7ccc8occc8c7)c6c54)n3)cc12. The first kappa shape index (κ1) is 32.5. The maximum atomic E-state index is 6.26. The fourth-order valence-corrected chi connectivity index (χ4v) is 9.67. The standard InChI is InChI=1S/C54H30N4O3/c1-5-13-45-35(9-1)39-20-21-40-36-10-2-6-14-46(36)58(53(40)52(39)57(45)34-19-24-47-33(27-34)25-26-59-47)54-55-43(31-17-22-50-41(28-31)37-11-3-7-15-48(37)60-50)30-44(56-54)32-18-23-51-42(29-32)38-12-4-8-16-49(38)61-51/h1-30H. The van der Waals surface area contributed by atoms with Crippen molar-refractivity contribution in [1.82, 2.24) is 19.1 Å². The molecule has 6 aromatic heterocycles. The van der Waals surface area contributed by atoms with E-state index in [-0.39, 0.29) is 0 Å². The van der Waals surface area contributed by atoms with Crippen LogP contribution in [0.15, 0.2) is 195 Å². The number of rotatable bonds is 4. The normalized spacial score (nSPS) is 12.3. The van der Waals surface area contributed by atoms with Crippen LogP contribution in [0.3, 0.4) is 0 Å². The Morgan fingerprint density at radius 2 is 0.869 bits per heavy atom. The highest BCUT2D eigenvalue weighted by molar-refractivity contribution is 6.24. The molecule has 14 aromatic rings. The van der Waals surface area contributed by atoms with E-state index in [0.717, 1.165) is 121 Å². The molecule has 0 spiro atoms. The van der Waals surface area contributed by atoms with E-state index < -0.39 is 0 Å². The highest BCUT2D eigenvalue weighted by Gasteiger charge is 2.24. The second kappa shape index (κ2) is 12.1. The third-order valence-electron chi connectivity index (χ3n) is 12.4. The molecular formula is C54H30N4O3.